The van der Waals surface area contributed by atoms with Crippen LogP contribution in [0.4, 0.5) is 0 Å². The first kappa shape index (κ1) is 83.0. The van der Waals surface area contributed by atoms with Crippen molar-refractivity contribution in [2.24, 2.45) is 0 Å². The molecule has 16 rings (SSSR count). The van der Waals surface area contributed by atoms with Crippen LogP contribution in [0.3, 0.4) is 0 Å². The number of fused-ring (bicyclic) bond motifs is 2. The van der Waals surface area contributed by atoms with Gasteiger partial charge in [0.05, 0.1) is 75.5 Å². The second-order valence-corrected chi connectivity index (χ2v) is 33.7. The first-order valence-corrected chi connectivity index (χ1v) is 42.5. The van der Waals surface area contributed by atoms with Crippen LogP contribution in [-0.4, -0.2) is 177 Å². The molecule has 2 amide bonds. The molecule has 8 heterocycles. The van der Waals surface area contributed by atoms with E-state index in [1.54, 1.807) is 18.8 Å². The van der Waals surface area contributed by atoms with Gasteiger partial charge in [-0.05, 0) is 84.1 Å². The summed E-state index contributed by atoms with van der Waals surface area (Å²) in [5, 5.41) is 37.5. The summed E-state index contributed by atoms with van der Waals surface area (Å²) in [6, 6.07) is 80.8. The van der Waals surface area contributed by atoms with E-state index in [1.807, 2.05) is 53.2 Å². The Bertz CT molecular complexity index is 4480. The molecule has 0 radical (unpaired) electrons. The number of likely N-dealkylation sites (N-methyl/N-ethyl adjacent to an activating group) is 2. The maximum Gasteiger partial charge on any atom is -0.0134 e. The normalized spacial score (nSPS) is 17.8. The Morgan fingerprint density at radius 3 is 1.17 bits per heavy atom. The van der Waals surface area contributed by atoms with Crippen LogP contribution in [0, 0.1) is 24.2 Å². The molecular formula is C85H87BrCl2N8O10P2Pd. The van der Waals surface area contributed by atoms with Crippen LogP contribution in [0.15, 0.2) is 235 Å². The summed E-state index contributed by atoms with van der Waals surface area (Å²) in [6.45, 7) is 7.11. The predicted octanol–water partition coefficient (Wildman–Crippen LogP) is 10.7. The van der Waals surface area contributed by atoms with Crippen molar-refractivity contribution < 1.29 is 64.3 Å². The molecule has 2 N–H and O–H groups in total. The molecule has 10 aromatic rings. The Hall–Kier alpha value is -8.48. The SMILES string of the molecule is C.C#C[C@]1(O)CCN(C)C1=O.COC(=O)c1nn(-c2cccc(Br)c2)c2c1CN(C1COC1)CC2.COC(=O)c1nn(-c2cccc(C#C[C@]3(O)CCN(C)C3=O)c2)c2c1CN(C1COC1)CC2.[Cl][Pd][Cl].c1ccc(P(c2ccccc2)c2ccccc2)cc1.c1ccc(P(c2ccccc2)c2ccccc2)cc1. The maximum atomic E-state index is 12.5. The van der Waals surface area contributed by atoms with Gasteiger partial charge >= 0.3 is 46.9 Å². The van der Waals surface area contributed by atoms with E-state index >= 15 is 0 Å². The van der Waals surface area contributed by atoms with Crippen molar-refractivity contribution in [2.75, 3.05) is 80.9 Å². The summed E-state index contributed by atoms with van der Waals surface area (Å²) in [5.74, 6) is 6.19. The largest absolute Gasteiger partial charge is 0.0622 e. The maximum absolute atomic E-state index is 12.5. The first-order valence-electron chi connectivity index (χ1n) is 35.1. The van der Waals surface area contributed by atoms with Crippen molar-refractivity contribution in [1.29, 1.82) is 0 Å². The topological polar surface area (TPSA) is 194 Å². The zero-order chi connectivity index (χ0) is 76.2. The monoisotopic (exact) mass is 1700 g/mol. The number of hydrogen-bond donors (Lipinski definition) is 2. The number of nitrogens with zero attached hydrogens (tertiary/aromatic N) is 8. The number of halogens is 3. The molecule has 8 aromatic carbocycles. The van der Waals surface area contributed by atoms with Crippen molar-refractivity contribution in [2.45, 2.75) is 69.5 Å². The van der Waals surface area contributed by atoms with Crippen LogP contribution in [0.1, 0.15) is 69.3 Å². The van der Waals surface area contributed by atoms with Gasteiger partial charge in [-0.2, -0.15) is 10.2 Å². The molecule has 4 fully saturated rings. The second-order valence-electron chi connectivity index (χ2n) is 26.0. The molecule has 0 spiro atoms. The molecule has 0 unspecified atom stereocenters. The van der Waals surface area contributed by atoms with Crippen molar-refractivity contribution in [3.8, 4) is 35.6 Å². The van der Waals surface area contributed by atoms with E-state index in [4.69, 9.17) is 44.4 Å². The molecule has 4 saturated heterocycles. The summed E-state index contributed by atoms with van der Waals surface area (Å²) in [4.78, 5) is 55.5. The van der Waals surface area contributed by atoms with Crippen LogP contribution in [0.25, 0.3) is 11.4 Å². The number of rotatable bonds is 12. The number of hydrogen-bond acceptors (Lipinski definition) is 14. The van der Waals surface area contributed by atoms with Crippen LogP contribution in [0.5, 0.6) is 0 Å². The zero-order valence-electron chi connectivity index (χ0n) is 60.2. The number of esters is 2. The van der Waals surface area contributed by atoms with Gasteiger partial charge in [0.2, 0.25) is 11.2 Å². The molecule has 2 aromatic heterocycles. The van der Waals surface area contributed by atoms with E-state index in [-0.39, 0.29) is 47.6 Å². The quantitative estimate of drug-likeness (QED) is 0.0508. The molecule has 109 heavy (non-hydrogen) atoms. The van der Waals surface area contributed by atoms with E-state index in [0.717, 1.165) is 77.5 Å². The molecular weight excluding hydrogens is 1610 g/mol. The van der Waals surface area contributed by atoms with Crippen LogP contribution >= 0.6 is 50.8 Å². The smallest absolute Gasteiger partial charge is 0.0134 e. The third-order valence-corrected chi connectivity index (χ3v) is 24.5. The van der Waals surface area contributed by atoms with Crippen molar-refractivity contribution in [3.63, 3.8) is 0 Å². The number of likely N-dealkylation sites (tertiary alicyclic amines) is 2. The molecule has 0 bridgehead atoms. The molecule has 568 valence electrons. The standard InChI is InChI=1S/C24H26N4O5.2C18H15P.C17H18BrN3O3.C7H9NO2.CH4.2ClH.Pd/c1-26-11-9-24(31,23(26)30)8-6-16-4-3-5-17(12-16)28-20-7-10-27(18-14-33-15-18)13-19(20)21(25-28)22(29)32-2;2*1-4-10-16(11-5-1)19(17-12-6-2-7-13-17)18-14-8-3-9-15-18;1-23-17(22)16-14-8-20(13-9-24-10-13)6-5-15(14)21(19-16)12-4-2-3-11(18)7-12;1-3-7(10)4-5-8(2)6(7)9;;;;/h3-5,12,18,31H,7,9-11,13-15H2,1-2H3;2*1-15H;2-4,7,13H,5-6,8-10H2,1H3;1,10H,4-5H2,2H3;1H4;2*1H;/q;;;;;;;;+2/p-2/t24-;;;;7-;;;;/m0...0..../s1. The van der Waals surface area contributed by atoms with Crippen molar-refractivity contribution in [3.05, 3.63) is 274 Å². The third kappa shape index (κ3) is 20.6. The Labute approximate surface area is 665 Å². The van der Waals surface area contributed by atoms with Gasteiger partial charge in [0.25, 0.3) is 11.8 Å². The summed E-state index contributed by atoms with van der Waals surface area (Å²) >= 11 is 3.39. The van der Waals surface area contributed by atoms with Crippen molar-refractivity contribution >= 4 is 106 Å². The predicted molar refractivity (Wildman–Crippen MR) is 434 cm³/mol. The van der Waals surface area contributed by atoms with Gasteiger partial charge in [-0.3, -0.25) is 19.4 Å². The summed E-state index contributed by atoms with van der Waals surface area (Å²) in [5.41, 5.74) is 3.83. The van der Waals surface area contributed by atoms with Gasteiger partial charge in [-0.15, -0.1) is 6.42 Å². The van der Waals surface area contributed by atoms with Gasteiger partial charge in [0.15, 0.2) is 11.4 Å². The van der Waals surface area contributed by atoms with Gasteiger partial charge < -0.3 is 39.0 Å². The van der Waals surface area contributed by atoms with Gasteiger partial charge in [-0.1, -0.05) is 235 Å². The average molecular weight is 1700 g/mol. The van der Waals surface area contributed by atoms with E-state index < -0.39 is 33.0 Å². The fraction of sp³-hybridized carbons (Fsp3) is 0.271. The number of aliphatic hydroxyl groups is 2. The fourth-order valence-corrected chi connectivity index (χ4v) is 18.1. The van der Waals surface area contributed by atoms with Crippen LogP contribution in [-0.2, 0) is 70.4 Å². The summed E-state index contributed by atoms with van der Waals surface area (Å²) in [6.07, 6.45) is 7.20. The Morgan fingerprint density at radius 1 is 0.532 bits per heavy atom. The van der Waals surface area contributed by atoms with E-state index in [0.29, 0.717) is 74.8 Å². The number of carbonyl (C=O) groups excluding carboxylic acids is 4. The molecule has 24 heteroatoms. The molecule has 0 aliphatic carbocycles. The molecule has 6 aliphatic rings. The summed E-state index contributed by atoms with van der Waals surface area (Å²) in [7, 11) is 14.8. The van der Waals surface area contributed by atoms with Gasteiger partial charge in [0, 0.05) is 100 Å². The number of amides is 2. The van der Waals surface area contributed by atoms with E-state index in [1.165, 1.54) is 55.8 Å². The van der Waals surface area contributed by atoms with Crippen LogP contribution in [0.2, 0.25) is 0 Å². The minimum Gasteiger partial charge on any atom is -0.0622 e. The number of carbonyl (C=O) groups is 4. The number of ether oxygens (including phenoxy) is 4. The number of benzene rings is 8. The van der Waals surface area contributed by atoms with E-state index in [9.17, 15) is 29.4 Å². The van der Waals surface area contributed by atoms with E-state index in [2.05, 4.69) is 236 Å². The Balaban J connectivity index is 0.000000149. The van der Waals surface area contributed by atoms with Gasteiger partial charge in [0.1, 0.15) is 0 Å². The van der Waals surface area contributed by atoms with Crippen molar-refractivity contribution in [1.82, 2.24) is 39.2 Å². The zero-order valence-corrected chi connectivity index (χ0v) is 66.6. The van der Waals surface area contributed by atoms with Crippen LogP contribution < -0.4 is 31.8 Å². The Morgan fingerprint density at radius 2 is 0.872 bits per heavy atom. The minimum absolute atomic E-state index is 0. The van der Waals surface area contributed by atoms with Gasteiger partial charge in [-0.25, -0.2) is 19.0 Å². The molecule has 2 atom stereocenters. The molecule has 6 aliphatic heterocycles. The third-order valence-electron chi connectivity index (χ3n) is 19.1. The molecule has 0 saturated carbocycles. The minimum atomic E-state index is -1.65. The number of methoxy groups -OCH3 is 2. The number of aromatic nitrogens is 4. The molecule has 18 nitrogen and oxygen atoms in total. The number of terminal acetylenes is 1. The first-order chi connectivity index (χ1) is 52.5. The summed E-state index contributed by atoms with van der Waals surface area (Å²) < 4.78 is 25.2. The second kappa shape index (κ2) is 39.9. The Kier molecular flexibility index (Phi) is 30.4. The average Bonchev–Trinajstić information content (AvgIpc) is 1.61. The fourth-order valence-electron chi connectivity index (χ4n) is 13.1.